The van der Waals surface area contributed by atoms with Crippen molar-refractivity contribution in [3.8, 4) is 0 Å². The fraction of sp³-hybridized carbons (Fsp3) is 0.933. The molecule has 118 valence electrons. The van der Waals surface area contributed by atoms with Gasteiger partial charge in [-0.2, -0.15) is 0 Å². The summed E-state index contributed by atoms with van der Waals surface area (Å²) in [7, 11) is 2.20. The summed E-state index contributed by atoms with van der Waals surface area (Å²) in [6, 6.07) is 1.38. The molecule has 5 heteroatoms. The van der Waals surface area contributed by atoms with E-state index < -0.39 is 5.60 Å². The third-order valence-corrected chi connectivity index (χ3v) is 3.46. The molecule has 0 radical (unpaired) electrons. The van der Waals surface area contributed by atoms with Crippen molar-refractivity contribution in [3.63, 3.8) is 0 Å². The van der Waals surface area contributed by atoms with Crippen LogP contribution in [0, 0.1) is 0 Å². The van der Waals surface area contributed by atoms with E-state index in [-0.39, 0.29) is 6.09 Å². The lowest BCUT2D eigenvalue weighted by Gasteiger charge is -2.24. The van der Waals surface area contributed by atoms with Gasteiger partial charge >= 0.3 is 6.09 Å². The van der Waals surface area contributed by atoms with Gasteiger partial charge in [0.15, 0.2) is 0 Å². The highest BCUT2D eigenvalue weighted by atomic mass is 16.6. The van der Waals surface area contributed by atoms with Gasteiger partial charge in [0.05, 0.1) is 0 Å². The SMILES string of the molecule is CC(CNCCCNC(=O)OC(C)(C)C)N(C)C1CC1. The number of likely N-dealkylation sites (N-methyl/N-ethyl adjacent to an activating group) is 1. The molecule has 0 aliphatic heterocycles. The molecule has 0 spiro atoms. The first-order chi connectivity index (χ1) is 9.29. The summed E-state index contributed by atoms with van der Waals surface area (Å²) in [5, 5.41) is 6.20. The number of alkyl carbamates (subject to hydrolysis) is 1. The van der Waals surface area contributed by atoms with Crippen LogP contribution in [0.1, 0.15) is 47.0 Å². The van der Waals surface area contributed by atoms with Crippen LogP contribution in [-0.4, -0.2) is 55.4 Å². The van der Waals surface area contributed by atoms with Gasteiger partial charge in [-0.3, -0.25) is 4.90 Å². The topological polar surface area (TPSA) is 53.6 Å². The van der Waals surface area contributed by atoms with Crippen LogP contribution in [0.3, 0.4) is 0 Å². The summed E-state index contributed by atoms with van der Waals surface area (Å²) in [6.45, 7) is 10.4. The van der Waals surface area contributed by atoms with Crippen LogP contribution in [0.25, 0.3) is 0 Å². The van der Waals surface area contributed by atoms with Crippen molar-refractivity contribution in [1.82, 2.24) is 15.5 Å². The van der Waals surface area contributed by atoms with E-state index >= 15 is 0 Å². The molecule has 5 nitrogen and oxygen atoms in total. The number of hydrogen-bond donors (Lipinski definition) is 2. The minimum absolute atomic E-state index is 0.334. The largest absolute Gasteiger partial charge is 0.444 e. The molecule has 0 aromatic heterocycles. The Hall–Kier alpha value is -0.810. The number of ether oxygens (including phenoxy) is 1. The van der Waals surface area contributed by atoms with Gasteiger partial charge in [-0.15, -0.1) is 0 Å². The molecule has 0 bridgehead atoms. The predicted molar refractivity (Wildman–Crippen MR) is 82.0 cm³/mol. The molecule has 1 saturated carbocycles. The fourth-order valence-corrected chi connectivity index (χ4v) is 2.01. The van der Waals surface area contributed by atoms with Crippen molar-refractivity contribution in [2.24, 2.45) is 0 Å². The third kappa shape index (κ3) is 7.70. The van der Waals surface area contributed by atoms with E-state index in [4.69, 9.17) is 4.74 Å². The van der Waals surface area contributed by atoms with Gasteiger partial charge in [0.1, 0.15) is 5.60 Å². The Morgan fingerprint density at radius 3 is 2.55 bits per heavy atom. The van der Waals surface area contributed by atoms with E-state index in [1.54, 1.807) is 0 Å². The van der Waals surface area contributed by atoms with Gasteiger partial charge in [0.25, 0.3) is 0 Å². The molecule has 20 heavy (non-hydrogen) atoms. The van der Waals surface area contributed by atoms with Gasteiger partial charge in [-0.1, -0.05) is 0 Å². The molecule has 0 saturated heterocycles. The molecule has 1 amide bonds. The number of hydrogen-bond acceptors (Lipinski definition) is 4. The van der Waals surface area contributed by atoms with Crippen LogP contribution in [0.2, 0.25) is 0 Å². The van der Waals surface area contributed by atoms with E-state index in [0.717, 1.165) is 25.6 Å². The van der Waals surface area contributed by atoms with Gasteiger partial charge in [0, 0.05) is 25.2 Å². The van der Waals surface area contributed by atoms with Crippen LogP contribution < -0.4 is 10.6 Å². The summed E-state index contributed by atoms with van der Waals surface area (Å²) in [5.74, 6) is 0. The maximum atomic E-state index is 11.4. The lowest BCUT2D eigenvalue weighted by molar-refractivity contribution is 0.0527. The number of carbonyl (C=O) groups is 1. The lowest BCUT2D eigenvalue weighted by Crippen LogP contribution is -2.40. The minimum Gasteiger partial charge on any atom is -0.444 e. The van der Waals surface area contributed by atoms with Crippen molar-refractivity contribution in [2.75, 3.05) is 26.7 Å². The summed E-state index contributed by atoms with van der Waals surface area (Å²) >= 11 is 0. The summed E-state index contributed by atoms with van der Waals surface area (Å²) in [4.78, 5) is 13.9. The molecular weight excluding hydrogens is 254 g/mol. The minimum atomic E-state index is -0.425. The Morgan fingerprint density at radius 2 is 2.00 bits per heavy atom. The first-order valence-electron chi connectivity index (χ1n) is 7.69. The highest BCUT2D eigenvalue weighted by Gasteiger charge is 2.28. The average Bonchev–Trinajstić information content (AvgIpc) is 3.14. The predicted octanol–water partition coefficient (Wildman–Crippen LogP) is 1.97. The van der Waals surface area contributed by atoms with Crippen LogP contribution in [-0.2, 0) is 4.74 Å². The molecule has 1 aliphatic rings. The molecule has 1 atom stereocenters. The smallest absolute Gasteiger partial charge is 0.407 e. The quantitative estimate of drug-likeness (QED) is 0.670. The standard InChI is InChI=1S/C15H31N3O2/c1-12(18(5)13-7-8-13)11-16-9-6-10-17-14(19)20-15(2,3)4/h12-13,16H,6-11H2,1-5H3,(H,17,19). The molecule has 0 aromatic rings. The monoisotopic (exact) mass is 285 g/mol. The van der Waals surface area contributed by atoms with Crippen molar-refractivity contribution in [2.45, 2.75) is 64.6 Å². The van der Waals surface area contributed by atoms with Crippen molar-refractivity contribution >= 4 is 6.09 Å². The molecule has 2 N–H and O–H groups in total. The number of amides is 1. The zero-order valence-electron chi connectivity index (χ0n) is 13.7. The second-order valence-electron chi connectivity index (χ2n) is 6.73. The molecule has 1 unspecified atom stereocenters. The fourth-order valence-electron chi connectivity index (χ4n) is 2.01. The van der Waals surface area contributed by atoms with Gasteiger partial charge < -0.3 is 15.4 Å². The van der Waals surface area contributed by atoms with Crippen LogP contribution >= 0.6 is 0 Å². The van der Waals surface area contributed by atoms with Crippen molar-refractivity contribution in [1.29, 1.82) is 0 Å². The number of nitrogens with zero attached hydrogens (tertiary/aromatic N) is 1. The Kier molecular flexibility index (Phi) is 6.76. The second kappa shape index (κ2) is 7.84. The first kappa shape index (κ1) is 17.2. The third-order valence-electron chi connectivity index (χ3n) is 3.46. The molecule has 0 aromatic carbocycles. The molecule has 1 fully saturated rings. The molecule has 1 rings (SSSR count). The van der Waals surface area contributed by atoms with Gasteiger partial charge in [0.2, 0.25) is 0 Å². The highest BCUT2D eigenvalue weighted by Crippen LogP contribution is 2.26. The summed E-state index contributed by atoms with van der Waals surface area (Å²) < 4.78 is 5.17. The Morgan fingerprint density at radius 1 is 1.35 bits per heavy atom. The van der Waals surface area contributed by atoms with E-state index in [9.17, 15) is 4.79 Å². The van der Waals surface area contributed by atoms with E-state index in [1.165, 1.54) is 12.8 Å². The molecule has 0 heterocycles. The maximum Gasteiger partial charge on any atom is 0.407 e. The Labute approximate surface area is 123 Å². The van der Waals surface area contributed by atoms with E-state index in [1.807, 2.05) is 20.8 Å². The Bertz CT molecular complexity index is 298. The zero-order chi connectivity index (χ0) is 15.2. The molecular formula is C15H31N3O2. The van der Waals surface area contributed by atoms with Crippen molar-refractivity contribution in [3.05, 3.63) is 0 Å². The normalized spacial score (nSPS) is 17.1. The number of nitrogens with one attached hydrogen (secondary N) is 2. The van der Waals surface area contributed by atoms with Crippen LogP contribution in [0.15, 0.2) is 0 Å². The second-order valence-corrected chi connectivity index (χ2v) is 6.73. The summed E-state index contributed by atoms with van der Waals surface area (Å²) in [5.41, 5.74) is -0.425. The van der Waals surface area contributed by atoms with Gasteiger partial charge in [-0.05, 0) is 60.5 Å². The van der Waals surface area contributed by atoms with E-state index in [2.05, 4.69) is 29.5 Å². The zero-order valence-corrected chi connectivity index (χ0v) is 13.7. The van der Waals surface area contributed by atoms with Crippen LogP contribution in [0.4, 0.5) is 4.79 Å². The number of rotatable bonds is 8. The maximum absolute atomic E-state index is 11.4. The van der Waals surface area contributed by atoms with Crippen LogP contribution in [0.5, 0.6) is 0 Å². The first-order valence-corrected chi connectivity index (χ1v) is 7.69. The average molecular weight is 285 g/mol. The molecule has 1 aliphatic carbocycles. The number of carbonyl (C=O) groups excluding carboxylic acids is 1. The van der Waals surface area contributed by atoms with Gasteiger partial charge in [-0.25, -0.2) is 4.79 Å². The summed E-state index contributed by atoms with van der Waals surface area (Å²) in [6.07, 6.45) is 3.28. The highest BCUT2D eigenvalue weighted by molar-refractivity contribution is 5.67. The van der Waals surface area contributed by atoms with Crippen molar-refractivity contribution < 1.29 is 9.53 Å². The Balaban J connectivity index is 1.95. The lowest BCUT2D eigenvalue weighted by atomic mass is 10.2. The van der Waals surface area contributed by atoms with E-state index in [0.29, 0.717) is 12.6 Å².